The first-order valence-corrected chi connectivity index (χ1v) is 11.5. The minimum atomic E-state index is -4.70. The monoisotopic (exact) mass is 420 g/mol. The SMILES string of the molecule is NC(Cc1ccccc1)(C(Cc1ccccc1)c1c[nH]c2ccccc12)P(=O)(O)O. The summed E-state index contributed by atoms with van der Waals surface area (Å²) in [6.07, 6.45) is 2.31. The molecule has 0 aliphatic carbocycles. The van der Waals surface area contributed by atoms with Crippen molar-refractivity contribution in [2.45, 2.75) is 24.0 Å². The van der Waals surface area contributed by atoms with Gasteiger partial charge in [0.2, 0.25) is 0 Å². The number of fused-ring (bicyclic) bond motifs is 1. The molecule has 0 saturated heterocycles. The smallest absolute Gasteiger partial charge is 0.346 e. The molecule has 3 aromatic carbocycles. The third-order valence-electron chi connectivity index (χ3n) is 5.76. The quantitative estimate of drug-likeness (QED) is 0.329. The summed E-state index contributed by atoms with van der Waals surface area (Å²) in [6.45, 7) is 0. The lowest BCUT2D eigenvalue weighted by Crippen LogP contribution is -2.48. The zero-order valence-electron chi connectivity index (χ0n) is 16.5. The second-order valence-electron chi connectivity index (χ2n) is 7.73. The molecule has 0 spiro atoms. The van der Waals surface area contributed by atoms with Gasteiger partial charge in [0.15, 0.2) is 0 Å². The number of aromatic nitrogens is 1. The Morgan fingerprint density at radius 1 is 0.867 bits per heavy atom. The van der Waals surface area contributed by atoms with Crippen LogP contribution in [0, 0.1) is 0 Å². The van der Waals surface area contributed by atoms with Gasteiger partial charge in [-0.05, 0) is 29.2 Å². The van der Waals surface area contributed by atoms with Gasteiger partial charge >= 0.3 is 7.60 Å². The third kappa shape index (κ3) is 3.98. The van der Waals surface area contributed by atoms with Gasteiger partial charge in [0, 0.05) is 29.4 Å². The van der Waals surface area contributed by atoms with Crippen LogP contribution in [0.4, 0.5) is 0 Å². The highest BCUT2D eigenvalue weighted by Crippen LogP contribution is 2.57. The van der Waals surface area contributed by atoms with E-state index >= 15 is 0 Å². The van der Waals surface area contributed by atoms with Crippen LogP contribution in [0.3, 0.4) is 0 Å². The minimum Gasteiger partial charge on any atom is -0.361 e. The summed E-state index contributed by atoms with van der Waals surface area (Å²) >= 11 is 0. The molecule has 2 atom stereocenters. The highest BCUT2D eigenvalue weighted by atomic mass is 31.2. The van der Waals surface area contributed by atoms with E-state index in [2.05, 4.69) is 4.98 Å². The van der Waals surface area contributed by atoms with E-state index in [-0.39, 0.29) is 6.42 Å². The van der Waals surface area contributed by atoms with Gasteiger partial charge < -0.3 is 20.5 Å². The average Bonchev–Trinajstić information content (AvgIpc) is 3.16. The van der Waals surface area contributed by atoms with Crippen molar-refractivity contribution in [1.82, 2.24) is 4.98 Å². The predicted molar refractivity (Wildman–Crippen MR) is 120 cm³/mol. The first-order chi connectivity index (χ1) is 14.4. The lowest BCUT2D eigenvalue weighted by Gasteiger charge is -2.38. The first-order valence-electron chi connectivity index (χ1n) is 9.87. The largest absolute Gasteiger partial charge is 0.361 e. The Morgan fingerprint density at radius 3 is 2.07 bits per heavy atom. The number of para-hydroxylation sites is 1. The van der Waals surface area contributed by atoms with Crippen molar-refractivity contribution in [2.75, 3.05) is 0 Å². The van der Waals surface area contributed by atoms with Crippen molar-refractivity contribution in [3.63, 3.8) is 0 Å². The molecule has 30 heavy (non-hydrogen) atoms. The van der Waals surface area contributed by atoms with Crippen molar-refractivity contribution in [3.05, 3.63) is 108 Å². The number of nitrogens with one attached hydrogen (secondary N) is 1. The van der Waals surface area contributed by atoms with Gasteiger partial charge in [-0.2, -0.15) is 0 Å². The maximum absolute atomic E-state index is 12.9. The van der Waals surface area contributed by atoms with Crippen molar-refractivity contribution < 1.29 is 14.4 Å². The number of benzene rings is 3. The van der Waals surface area contributed by atoms with Gasteiger partial charge in [-0.3, -0.25) is 4.57 Å². The molecule has 5 N–H and O–H groups in total. The van der Waals surface area contributed by atoms with E-state index in [1.165, 1.54) is 0 Å². The summed E-state index contributed by atoms with van der Waals surface area (Å²) < 4.78 is 12.9. The van der Waals surface area contributed by atoms with E-state index in [1.807, 2.05) is 91.1 Å². The van der Waals surface area contributed by atoms with Gasteiger partial charge in [0.05, 0.1) is 0 Å². The highest BCUT2D eigenvalue weighted by molar-refractivity contribution is 7.53. The Bertz CT molecular complexity index is 1170. The standard InChI is InChI=1S/C24H25N2O3P/c25-24(30(27,28)29,16-19-11-5-2-6-12-19)22(15-18-9-3-1-4-10-18)21-17-26-23-14-8-7-13-20(21)23/h1-14,17,22,26H,15-16,25H2,(H2,27,28,29). The Kier molecular flexibility index (Phi) is 5.63. The van der Waals surface area contributed by atoms with Crippen molar-refractivity contribution >= 4 is 18.5 Å². The molecule has 5 nitrogen and oxygen atoms in total. The molecular weight excluding hydrogens is 395 g/mol. The molecule has 0 amide bonds. The topological polar surface area (TPSA) is 99.3 Å². The maximum Gasteiger partial charge on any atom is 0.346 e. The predicted octanol–water partition coefficient (Wildman–Crippen LogP) is 4.57. The summed E-state index contributed by atoms with van der Waals surface area (Å²) in [4.78, 5) is 24.2. The molecule has 2 unspecified atom stereocenters. The molecule has 6 heteroatoms. The molecule has 1 aromatic heterocycles. The summed E-state index contributed by atoms with van der Waals surface area (Å²) in [5.41, 5.74) is 10.2. The number of hydrogen-bond donors (Lipinski definition) is 4. The Balaban J connectivity index is 1.88. The molecule has 154 valence electrons. The van der Waals surface area contributed by atoms with Crippen LogP contribution in [0.1, 0.15) is 22.6 Å². The van der Waals surface area contributed by atoms with Crippen LogP contribution >= 0.6 is 7.60 Å². The lowest BCUT2D eigenvalue weighted by atomic mass is 9.82. The molecular formula is C24H25N2O3P. The molecule has 0 aliphatic rings. The second-order valence-corrected chi connectivity index (χ2v) is 9.65. The molecule has 1 heterocycles. The summed E-state index contributed by atoms with van der Waals surface area (Å²) in [7, 11) is -4.70. The molecule has 0 saturated carbocycles. The van der Waals surface area contributed by atoms with Gasteiger partial charge in [0.25, 0.3) is 0 Å². The Morgan fingerprint density at radius 2 is 1.43 bits per heavy atom. The van der Waals surface area contributed by atoms with E-state index in [1.54, 1.807) is 0 Å². The number of hydrogen-bond acceptors (Lipinski definition) is 2. The minimum absolute atomic E-state index is 0.0646. The summed E-state index contributed by atoms with van der Waals surface area (Å²) in [6, 6.07) is 26.8. The molecule has 0 aliphatic heterocycles. The lowest BCUT2D eigenvalue weighted by molar-refractivity contribution is 0.299. The fraction of sp³-hybridized carbons (Fsp3) is 0.167. The Hall–Kier alpha value is -2.69. The van der Waals surface area contributed by atoms with Crippen molar-refractivity contribution in [3.8, 4) is 0 Å². The summed E-state index contributed by atoms with van der Waals surface area (Å²) in [5, 5.41) is -0.843. The van der Waals surface area contributed by atoms with E-state index in [9.17, 15) is 14.4 Å². The zero-order chi connectivity index (χ0) is 21.2. The fourth-order valence-corrected chi connectivity index (χ4v) is 5.17. The van der Waals surface area contributed by atoms with Crippen LogP contribution in [0.25, 0.3) is 10.9 Å². The second kappa shape index (κ2) is 8.21. The molecule has 0 fully saturated rings. The maximum atomic E-state index is 12.9. The van der Waals surface area contributed by atoms with Crippen LogP contribution in [0.5, 0.6) is 0 Å². The molecule has 0 bridgehead atoms. The van der Waals surface area contributed by atoms with Crippen LogP contribution < -0.4 is 5.73 Å². The van der Waals surface area contributed by atoms with Crippen LogP contribution in [0.2, 0.25) is 0 Å². The first kappa shape index (κ1) is 20.6. The van der Waals surface area contributed by atoms with Crippen molar-refractivity contribution in [2.24, 2.45) is 5.73 Å². The average molecular weight is 420 g/mol. The van der Waals surface area contributed by atoms with Crippen molar-refractivity contribution in [1.29, 1.82) is 0 Å². The number of nitrogens with two attached hydrogens (primary N) is 1. The van der Waals surface area contributed by atoms with Gasteiger partial charge in [-0.1, -0.05) is 78.9 Å². The van der Waals surface area contributed by atoms with E-state index in [0.29, 0.717) is 6.42 Å². The third-order valence-corrected chi connectivity index (χ3v) is 7.31. The van der Waals surface area contributed by atoms with Gasteiger partial charge in [-0.15, -0.1) is 0 Å². The highest BCUT2D eigenvalue weighted by Gasteiger charge is 2.50. The van der Waals surface area contributed by atoms with Crippen LogP contribution in [-0.4, -0.2) is 20.1 Å². The number of aromatic amines is 1. The van der Waals surface area contributed by atoms with E-state index in [0.717, 1.165) is 27.6 Å². The Labute approximate surface area is 175 Å². The molecule has 4 rings (SSSR count). The van der Waals surface area contributed by atoms with Gasteiger partial charge in [-0.25, -0.2) is 0 Å². The van der Waals surface area contributed by atoms with Gasteiger partial charge in [0.1, 0.15) is 5.28 Å². The van der Waals surface area contributed by atoms with E-state index in [4.69, 9.17) is 5.73 Å². The number of H-pyrrole nitrogens is 1. The molecule has 4 aromatic rings. The zero-order valence-corrected chi connectivity index (χ0v) is 17.4. The normalized spacial score (nSPS) is 15.0. The van der Waals surface area contributed by atoms with Crippen LogP contribution in [-0.2, 0) is 17.4 Å². The van der Waals surface area contributed by atoms with Crippen LogP contribution in [0.15, 0.2) is 91.1 Å². The molecule has 0 radical (unpaired) electrons. The number of rotatable bonds is 7. The summed E-state index contributed by atoms with van der Waals surface area (Å²) in [5.74, 6) is -0.600. The fourth-order valence-electron chi connectivity index (χ4n) is 4.14. The van der Waals surface area contributed by atoms with E-state index < -0.39 is 18.8 Å².